The molecule has 5 rings (SSSR count). The average molecular weight is 480 g/mol. The Balaban J connectivity index is 1.56. The van der Waals surface area contributed by atoms with Crippen LogP contribution < -0.4 is 5.32 Å². The van der Waals surface area contributed by atoms with Gasteiger partial charge in [0.05, 0.1) is 17.7 Å². The Labute approximate surface area is 208 Å². The van der Waals surface area contributed by atoms with Gasteiger partial charge < -0.3 is 14.3 Å². The van der Waals surface area contributed by atoms with Crippen LogP contribution in [0.4, 0.5) is 5.69 Å². The number of nitrogens with one attached hydrogen (secondary N) is 1. The molecule has 7 nitrogen and oxygen atoms in total. The molecule has 36 heavy (non-hydrogen) atoms. The molecule has 0 saturated heterocycles. The van der Waals surface area contributed by atoms with E-state index in [4.69, 9.17) is 4.42 Å². The van der Waals surface area contributed by atoms with Crippen molar-refractivity contribution in [3.63, 3.8) is 0 Å². The summed E-state index contributed by atoms with van der Waals surface area (Å²) >= 11 is 0. The van der Waals surface area contributed by atoms with Crippen LogP contribution in [0.15, 0.2) is 108 Å². The number of amides is 1. The number of hydrogen-bond acceptors (Lipinski definition) is 4. The monoisotopic (exact) mass is 479 g/mol. The minimum atomic E-state index is -0.509. The van der Waals surface area contributed by atoms with Gasteiger partial charge in [-0.2, -0.15) is 0 Å². The van der Waals surface area contributed by atoms with Crippen molar-refractivity contribution in [3.05, 3.63) is 136 Å². The number of nitro benzene ring substituents is 1. The van der Waals surface area contributed by atoms with Gasteiger partial charge in [0.2, 0.25) is 5.91 Å². The highest BCUT2D eigenvalue weighted by Gasteiger charge is 2.28. The first kappa shape index (κ1) is 23.1. The van der Waals surface area contributed by atoms with Crippen LogP contribution in [0.5, 0.6) is 0 Å². The molecule has 2 aromatic heterocycles. The number of benzene rings is 3. The Morgan fingerprint density at radius 2 is 1.67 bits per heavy atom. The second-order valence-electron chi connectivity index (χ2n) is 8.64. The summed E-state index contributed by atoms with van der Waals surface area (Å²) in [6.45, 7) is 0.904. The van der Waals surface area contributed by atoms with Gasteiger partial charge in [0.25, 0.3) is 5.69 Å². The summed E-state index contributed by atoms with van der Waals surface area (Å²) in [5.41, 5.74) is 3.54. The van der Waals surface area contributed by atoms with Gasteiger partial charge in [0.1, 0.15) is 5.76 Å². The van der Waals surface area contributed by atoms with Crippen molar-refractivity contribution in [1.82, 2.24) is 9.88 Å². The van der Waals surface area contributed by atoms with E-state index in [1.165, 1.54) is 6.07 Å². The van der Waals surface area contributed by atoms with Gasteiger partial charge in [0, 0.05) is 47.6 Å². The summed E-state index contributed by atoms with van der Waals surface area (Å²) in [5.74, 6) is -0.0791. The van der Waals surface area contributed by atoms with Gasteiger partial charge >= 0.3 is 0 Å². The van der Waals surface area contributed by atoms with Crippen molar-refractivity contribution in [3.8, 4) is 0 Å². The van der Waals surface area contributed by atoms with Crippen LogP contribution in [0, 0.1) is 10.1 Å². The number of para-hydroxylation sites is 2. The third-order valence-electron chi connectivity index (χ3n) is 6.33. The molecule has 2 heterocycles. The zero-order valence-electron chi connectivity index (χ0n) is 19.5. The number of rotatable bonds is 9. The molecule has 0 spiro atoms. The van der Waals surface area contributed by atoms with Crippen LogP contribution >= 0.6 is 0 Å². The summed E-state index contributed by atoms with van der Waals surface area (Å²) in [7, 11) is 0. The maximum absolute atomic E-state index is 13.1. The number of furan rings is 1. The second kappa shape index (κ2) is 10.3. The standard InChI is InChI=1S/C29H25N3O4/c33-29(30-18-22-11-8-16-36-22)17-25(23-12-5-7-15-28(23)32(34)35)26-20-31(19-21-9-2-1-3-10-21)27-14-6-4-13-24(26)27/h1-16,20,25H,17-19H2,(H,30,33)/t25-/m0/s1. The lowest BCUT2D eigenvalue weighted by Crippen LogP contribution is -2.25. The predicted molar refractivity (Wildman–Crippen MR) is 138 cm³/mol. The van der Waals surface area contributed by atoms with Crippen LogP contribution in [-0.4, -0.2) is 15.4 Å². The smallest absolute Gasteiger partial charge is 0.273 e. The van der Waals surface area contributed by atoms with Crippen molar-refractivity contribution in [2.24, 2.45) is 0 Å². The molecule has 1 atom stereocenters. The third kappa shape index (κ3) is 4.90. The van der Waals surface area contributed by atoms with Crippen molar-refractivity contribution in [2.75, 3.05) is 0 Å². The van der Waals surface area contributed by atoms with Crippen LogP contribution in [0.1, 0.15) is 34.8 Å². The lowest BCUT2D eigenvalue weighted by atomic mass is 9.87. The number of fused-ring (bicyclic) bond motifs is 1. The van der Waals surface area contributed by atoms with E-state index in [1.807, 2.05) is 48.7 Å². The minimum absolute atomic E-state index is 0.00113. The molecule has 5 aromatic rings. The first-order chi connectivity index (χ1) is 17.6. The number of carbonyl (C=O) groups is 1. The quantitative estimate of drug-likeness (QED) is 0.206. The summed E-state index contributed by atoms with van der Waals surface area (Å²) in [6.07, 6.45) is 3.64. The fourth-order valence-electron chi connectivity index (χ4n) is 4.66. The number of carbonyl (C=O) groups excluding carboxylic acids is 1. The van der Waals surface area contributed by atoms with E-state index in [1.54, 1.807) is 36.6 Å². The largest absolute Gasteiger partial charge is 0.467 e. The molecule has 1 N–H and O–H groups in total. The molecular weight excluding hydrogens is 454 g/mol. The predicted octanol–water partition coefficient (Wildman–Crippen LogP) is 6.03. The molecule has 0 radical (unpaired) electrons. The van der Waals surface area contributed by atoms with Gasteiger partial charge in [-0.05, 0) is 29.3 Å². The SMILES string of the molecule is O=C(C[C@@H](c1ccccc1[N+](=O)[O-])c1cn(Cc2ccccc2)c2ccccc12)NCc1ccco1. The first-order valence-corrected chi connectivity index (χ1v) is 11.7. The van der Waals surface area contributed by atoms with Gasteiger partial charge in [-0.25, -0.2) is 0 Å². The van der Waals surface area contributed by atoms with Crippen molar-refractivity contribution >= 4 is 22.5 Å². The first-order valence-electron chi connectivity index (χ1n) is 11.7. The maximum atomic E-state index is 13.1. The maximum Gasteiger partial charge on any atom is 0.273 e. The van der Waals surface area contributed by atoms with Crippen molar-refractivity contribution in [2.45, 2.75) is 25.4 Å². The lowest BCUT2D eigenvalue weighted by Gasteiger charge is -2.17. The van der Waals surface area contributed by atoms with Crippen LogP contribution in [0.3, 0.4) is 0 Å². The normalized spacial score (nSPS) is 11.9. The van der Waals surface area contributed by atoms with E-state index >= 15 is 0 Å². The van der Waals surface area contributed by atoms with Gasteiger partial charge in [-0.15, -0.1) is 0 Å². The molecule has 0 fully saturated rings. The Bertz CT molecular complexity index is 1490. The number of nitrogens with zero attached hydrogens (tertiary/aromatic N) is 2. The summed E-state index contributed by atoms with van der Waals surface area (Å²) in [5, 5.41) is 15.8. The molecule has 0 aliphatic heterocycles. The Morgan fingerprint density at radius 1 is 0.917 bits per heavy atom. The molecular formula is C29H25N3O4. The molecule has 0 aliphatic rings. The average Bonchev–Trinajstić information content (AvgIpc) is 3.55. The van der Waals surface area contributed by atoms with Crippen molar-refractivity contribution < 1.29 is 14.1 Å². The summed E-state index contributed by atoms with van der Waals surface area (Å²) in [4.78, 5) is 24.6. The fourth-order valence-corrected chi connectivity index (χ4v) is 4.66. The number of hydrogen-bond donors (Lipinski definition) is 1. The molecule has 0 unspecified atom stereocenters. The number of aromatic nitrogens is 1. The van der Waals surface area contributed by atoms with Crippen molar-refractivity contribution in [1.29, 1.82) is 0 Å². The molecule has 0 aliphatic carbocycles. The van der Waals surface area contributed by atoms with E-state index in [0.29, 0.717) is 17.9 Å². The summed E-state index contributed by atoms with van der Waals surface area (Å²) in [6, 6.07) is 28.3. The van der Waals surface area contributed by atoms with Crippen LogP contribution in [0.2, 0.25) is 0 Å². The summed E-state index contributed by atoms with van der Waals surface area (Å²) < 4.78 is 7.46. The second-order valence-corrected chi connectivity index (χ2v) is 8.64. The van der Waals surface area contributed by atoms with Gasteiger partial charge in [0.15, 0.2) is 0 Å². The third-order valence-corrected chi connectivity index (χ3v) is 6.33. The Kier molecular flexibility index (Phi) is 6.62. The highest BCUT2D eigenvalue weighted by atomic mass is 16.6. The Hall–Kier alpha value is -4.65. The van der Waals surface area contributed by atoms with E-state index in [2.05, 4.69) is 22.0 Å². The van der Waals surface area contributed by atoms with Gasteiger partial charge in [-0.3, -0.25) is 14.9 Å². The number of nitro groups is 1. The van der Waals surface area contributed by atoms with E-state index in [9.17, 15) is 14.9 Å². The zero-order chi connectivity index (χ0) is 24.9. The molecule has 7 heteroatoms. The van der Waals surface area contributed by atoms with E-state index < -0.39 is 5.92 Å². The molecule has 0 bridgehead atoms. The lowest BCUT2D eigenvalue weighted by molar-refractivity contribution is -0.385. The zero-order valence-corrected chi connectivity index (χ0v) is 19.5. The fraction of sp³-hybridized carbons (Fsp3) is 0.138. The highest BCUT2D eigenvalue weighted by Crippen LogP contribution is 2.38. The van der Waals surface area contributed by atoms with E-state index in [-0.39, 0.29) is 29.5 Å². The van der Waals surface area contributed by atoms with Crippen LogP contribution in [0.25, 0.3) is 10.9 Å². The van der Waals surface area contributed by atoms with Crippen LogP contribution in [-0.2, 0) is 17.9 Å². The molecule has 0 saturated carbocycles. The minimum Gasteiger partial charge on any atom is -0.467 e. The molecule has 1 amide bonds. The topological polar surface area (TPSA) is 90.3 Å². The molecule has 180 valence electrons. The van der Waals surface area contributed by atoms with Gasteiger partial charge in [-0.1, -0.05) is 66.7 Å². The highest BCUT2D eigenvalue weighted by molar-refractivity contribution is 5.87. The molecule has 3 aromatic carbocycles. The Morgan fingerprint density at radius 3 is 2.44 bits per heavy atom. The van der Waals surface area contributed by atoms with E-state index in [0.717, 1.165) is 22.0 Å².